The second kappa shape index (κ2) is 6.17. The third kappa shape index (κ3) is 3.55. The van der Waals surface area contributed by atoms with Crippen LogP contribution in [0.1, 0.15) is 10.4 Å². The summed E-state index contributed by atoms with van der Waals surface area (Å²) in [5.41, 5.74) is -0.110. The predicted molar refractivity (Wildman–Crippen MR) is 72.9 cm³/mol. The molecule has 0 aliphatic carbocycles. The number of hydrogen-bond acceptors (Lipinski definition) is 2. The molecular weight excluding hydrogens is 290 g/mol. The minimum atomic E-state index is -0.843. The van der Waals surface area contributed by atoms with Crippen LogP contribution >= 0.6 is 23.4 Å². The van der Waals surface area contributed by atoms with Crippen molar-refractivity contribution in [3.63, 3.8) is 0 Å². The number of Topliss-reactive ketones (excluding diaryl/α,β-unsaturated/α-hetero) is 1. The summed E-state index contributed by atoms with van der Waals surface area (Å²) in [5, 5.41) is 0.542. The Morgan fingerprint density at radius 2 is 1.89 bits per heavy atom. The van der Waals surface area contributed by atoms with Crippen molar-refractivity contribution in [1.82, 2.24) is 0 Å². The molecule has 0 spiro atoms. The van der Waals surface area contributed by atoms with Gasteiger partial charge in [0.25, 0.3) is 0 Å². The van der Waals surface area contributed by atoms with Gasteiger partial charge in [-0.3, -0.25) is 4.79 Å². The molecule has 0 amide bonds. The predicted octanol–water partition coefficient (Wildman–Crippen LogP) is 4.59. The number of halogens is 3. The van der Waals surface area contributed by atoms with E-state index in [-0.39, 0.29) is 11.3 Å². The van der Waals surface area contributed by atoms with Crippen LogP contribution in [0, 0.1) is 11.6 Å². The van der Waals surface area contributed by atoms with E-state index in [4.69, 9.17) is 11.6 Å². The van der Waals surface area contributed by atoms with Gasteiger partial charge in [-0.05, 0) is 24.3 Å². The summed E-state index contributed by atoms with van der Waals surface area (Å²) >= 11 is 7.17. The molecule has 0 atom stereocenters. The number of carbonyl (C=O) groups excluding carboxylic acids is 1. The Morgan fingerprint density at radius 1 is 1.16 bits per heavy atom. The zero-order chi connectivity index (χ0) is 13.8. The molecule has 0 saturated carbocycles. The molecule has 0 saturated heterocycles. The van der Waals surface area contributed by atoms with Crippen molar-refractivity contribution in [3.05, 3.63) is 64.7 Å². The van der Waals surface area contributed by atoms with E-state index < -0.39 is 17.4 Å². The van der Waals surface area contributed by atoms with Crippen LogP contribution in [-0.2, 0) is 0 Å². The van der Waals surface area contributed by atoms with Crippen molar-refractivity contribution in [2.75, 3.05) is 5.75 Å². The average Bonchev–Trinajstić information content (AvgIpc) is 2.37. The number of rotatable bonds is 4. The summed E-state index contributed by atoms with van der Waals surface area (Å²) in [4.78, 5) is 12.6. The maximum Gasteiger partial charge on any atom is 0.176 e. The fraction of sp³-hybridized carbons (Fsp3) is 0.0714. The molecule has 2 rings (SSSR count). The van der Waals surface area contributed by atoms with Crippen LogP contribution in [0.15, 0.2) is 47.4 Å². The lowest BCUT2D eigenvalue weighted by molar-refractivity contribution is 0.101. The molecule has 0 aliphatic heterocycles. The molecule has 0 radical (unpaired) electrons. The van der Waals surface area contributed by atoms with Gasteiger partial charge in [0.2, 0.25) is 0 Å². The second-order valence-corrected chi connectivity index (χ2v) is 5.19. The molecule has 0 N–H and O–H groups in total. The van der Waals surface area contributed by atoms with Crippen molar-refractivity contribution < 1.29 is 13.6 Å². The molecule has 19 heavy (non-hydrogen) atoms. The minimum Gasteiger partial charge on any atom is -0.293 e. The number of hydrogen-bond donors (Lipinski definition) is 0. The lowest BCUT2D eigenvalue weighted by Crippen LogP contribution is -2.05. The Hall–Kier alpha value is -1.39. The molecule has 0 fully saturated rings. The van der Waals surface area contributed by atoms with Crippen LogP contribution in [0.2, 0.25) is 5.02 Å². The van der Waals surface area contributed by atoms with E-state index in [9.17, 15) is 13.6 Å². The van der Waals surface area contributed by atoms with E-state index in [1.54, 1.807) is 24.3 Å². The van der Waals surface area contributed by atoms with Crippen LogP contribution in [-0.4, -0.2) is 11.5 Å². The number of benzene rings is 2. The average molecular weight is 299 g/mol. The summed E-state index contributed by atoms with van der Waals surface area (Å²) in [6.07, 6.45) is 0. The van der Waals surface area contributed by atoms with Crippen LogP contribution in [0.5, 0.6) is 0 Å². The van der Waals surface area contributed by atoms with E-state index in [2.05, 4.69) is 0 Å². The first kappa shape index (κ1) is 14.0. The molecule has 2 aromatic carbocycles. The third-order valence-electron chi connectivity index (χ3n) is 2.43. The first-order chi connectivity index (χ1) is 9.08. The lowest BCUT2D eigenvalue weighted by atomic mass is 10.1. The molecule has 0 aromatic heterocycles. The normalized spacial score (nSPS) is 10.5. The highest BCUT2D eigenvalue weighted by molar-refractivity contribution is 8.00. The van der Waals surface area contributed by atoms with Crippen molar-refractivity contribution in [1.29, 1.82) is 0 Å². The van der Waals surface area contributed by atoms with Crippen molar-refractivity contribution in [2.45, 2.75) is 4.90 Å². The number of carbonyl (C=O) groups is 1. The van der Waals surface area contributed by atoms with Crippen LogP contribution < -0.4 is 0 Å². The monoisotopic (exact) mass is 298 g/mol. The highest BCUT2D eigenvalue weighted by atomic mass is 35.5. The van der Waals surface area contributed by atoms with Crippen molar-refractivity contribution >= 4 is 29.1 Å². The fourth-order valence-corrected chi connectivity index (χ4v) is 2.62. The third-order valence-corrected chi connectivity index (χ3v) is 3.94. The van der Waals surface area contributed by atoms with E-state index in [1.165, 1.54) is 11.8 Å². The van der Waals surface area contributed by atoms with Gasteiger partial charge in [-0.15, -0.1) is 11.8 Å². The maximum absolute atomic E-state index is 13.4. The minimum absolute atomic E-state index is 0.0479. The highest BCUT2D eigenvalue weighted by Crippen LogP contribution is 2.27. The lowest BCUT2D eigenvalue weighted by Gasteiger charge is -2.04. The molecule has 5 heteroatoms. The number of ketones is 1. The molecule has 98 valence electrons. The van der Waals surface area contributed by atoms with Gasteiger partial charge in [0, 0.05) is 11.0 Å². The Morgan fingerprint density at radius 3 is 2.58 bits per heavy atom. The largest absolute Gasteiger partial charge is 0.293 e. The summed E-state index contributed by atoms with van der Waals surface area (Å²) in [5.74, 6) is -1.90. The van der Waals surface area contributed by atoms with Gasteiger partial charge in [-0.2, -0.15) is 0 Å². The van der Waals surface area contributed by atoms with Crippen LogP contribution in [0.4, 0.5) is 8.78 Å². The van der Waals surface area contributed by atoms with Crippen LogP contribution in [0.3, 0.4) is 0 Å². The zero-order valence-electron chi connectivity index (χ0n) is 9.70. The topological polar surface area (TPSA) is 17.1 Å². The summed E-state index contributed by atoms with van der Waals surface area (Å²) in [6.45, 7) is 0. The quantitative estimate of drug-likeness (QED) is 0.606. The van der Waals surface area contributed by atoms with Gasteiger partial charge >= 0.3 is 0 Å². The molecule has 2 aromatic rings. The summed E-state index contributed by atoms with van der Waals surface area (Å²) in [6, 6.07) is 10.0. The SMILES string of the molecule is O=C(CSc1ccccc1Cl)c1ccc(F)cc1F. The van der Waals surface area contributed by atoms with E-state index >= 15 is 0 Å². The Labute approximate surface area is 118 Å². The Kier molecular flexibility index (Phi) is 4.56. The van der Waals surface area contributed by atoms with Gasteiger partial charge < -0.3 is 0 Å². The summed E-state index contributed by atoms with van der Waals surface area (Å²) < 4.78 is 26.2. The smallest absolute Gasteiger partial charge is 0.176 e. The summed E-state index contributed by atoms with van der Waals surface area (Å²) in [7, 11) is 0. The zero-order valence-corrected chi connectivity index (χ0v) is 11.3. The Bertz CT molecular complexity index is 616. The standard InChI is InChI=1S/C14H9ClF2OS/c15-11-3-1-2-4-14(11)19-8-13(18)10-6-5-9(16)7-12(10)17/h1-7H,8H2. The first-order valence-corrected chi connectivity index (χ1v) is 6.80. The molecule has 0 aliphatic rings. The van der Waals surface area contributed by atoms with Crippen LogP contribution in [0.25, 0.3) is 0 Å². The Balaban J connectivity index is 2.08. The van der Waals surface area contributed by atoms with Gasteiger partial charge in [0.15, 0.2) is 5.78 Å². The van der Waals surface area contributed by atoms with Gasteiger partial charge in [-0.25, -0.2) is 8.78 Å². The van der Waals surface area contributed by atoms with E-state index in [1.807, 2.05) is 0 Å². The van der Waals surface area contributed by atoms with Gasteiger partial charge in [0.1, 0.15) is 11.6 Å². The van der Waals surface area contributed by atoms with Gasteiger partial charge in [-0.1, -0.05) is 23.7 Å². The van der Waals surface area contributed by atoms with E-state index in [0.29, 0.717) is 11.1 Å². The molecule has 1 nitrogen and oxygen atoms in total. The highest BCUT2D eigenvalue weighted by Gasteiger charge is 2.13. The van der Waals surface area contributed by atoms with E-state index in [0.717, 1.165) is 17.0 Å². The molecular formula is C14H9ClF2OS. The first-order valence-electron chi connectivity index (χ1n) is 5.43. The number of thioether (sulfide) groups is 1. The molecule has 0 bridgehead atoms. The second-order valence-electron chi connectivity index (χ2n) is 3.77. The van der Waals surface area contributed by atoms with Crippen molar-refractivity contribution in [2.24, 2.45) is 0 Å². The molecule has 0 heterocycles. The van der Waals surface area contributed by atoms with Gasteiger partial charge in [0.05, 0.1) is 16.3 Å². The molecule has 0 unspecified atom stereocenters. The van der Waals surface area contributed by atoms with Crippen molar-refractivity contribution in [3.8, 4) is 0 Å². The maximum atomic E-state index is 13.4. The fourth-order valence-electron chi connectivity index (χ4n) is 1.50.